The Kier molecular flexibility index (Phi) is 41.1. The number of rotatable bonds is 58. The van der Waals surface area contributed by atoms with Crippen molar-refractivity contribution in [1.82, 2.24) is 5.06 Å². The third kappa shape index (κ3) is 30.5. The Morgan fingerprint density at radius 3 is 1.37 bits per heavy atom. The molecular formula is C64H102N3O26S2+. The van der Waals surface area contributed by atoms with Gasteiger partial charge < -0.3 is 90.3 Å². The first-order chi connectivity index (χ1) is 45.9. The molecule has 0 aromatic heterocycles. The molecular weight excluding hydrogens is 1290 g/mol. The summed E-state index contributed by atoms with van der Waals surface area (Å²) < 4.78 is 164. The topological polar surface area (TPSA) is 326 Å². The number of benzene rings is 2. The molecule has 0 aliphatic carbocycles. The van der Waals surface area contributed by atoms with Gasteiger partial charge in [-0.05, 0) is 68.7 Å². The van der Waals surface area contributed by atoms with Crippen LogP contribution in [-0.4, -0.2) is 293 Å². The first kappa shape index (κ1) is 82.6. The van der Waals surface area contributed by atoms with Crippen LogP contribution in [0.3, 0.4) is 0 Å². The minimum absolute atomic E-state index is 0.0295. The van der Waals surface area contributed by atoms with Gasteiger partial charge in [-0.1, -0.05) is 6.08 Å². The van der Waals surface area contributed by atoms with E-state index in [-0.39, 0.29) is 122 Å². The highest BCUT2D eigenvalue weighted by molar-refractivity contribution is 7.86. The molecule has 2 atom stereocenters. The van der Waals surface area contributed by atoms with Gasteiger partial charge in [-0.3, -0.25) is 13.9 Å². The van der Waals surface area contributed by atoms with Crippen molar-refractivity contribution >= 4 is 55.5 Å². The van der Waals surface area contributed by atoms with Crippen molar-refractivity contribution in [3.63, 3.8) is 0 Å². The second kappa shape index (κ2) is 47.2. The van der Waals surface area contributed by atoms with E-state index in [2.05, 4.69) is 4.58 Å². The molecule has 2 aliphatic rings. The van der Waals surface area contributed by atoms with Crippen LogP contribution in [0.15, 0.2) is 70.1 Å². The summed E-state index contributed by atoms with van der Waals surface area (Å²) in [6.07, 6.45) is 6.99. The molecule has 2 aromatic rings. The average Bonchev–Trinajstić information content (AvgIpc) is 1.59. The van der Waals surface area contributed by atoms with Crippen molar-refractivity contribution in [3.8, 4) is 0 Å². The molecule has 0 spiro atoms. The largest absolute Gasteiger partial charge is 0.382 e. The molecule has 0 bridgehead atoms. The Bertz CT molecular complexity index is 2860. The van der Waals surface area contributed by atoms with Gasteiger partial charge in [-0.25, -0.2) is 4.79 Å². The van der Waals surface area contributed by atoms with Gasteiger partial charge in [0.25, 0.3) is 26.1 Å². The number of methoxy groups -OCH3 is 3. The summed E-state index contributed by atoms with van der Waals surface area (Å²) in [5.74, 6) is -1.15. The third-order valence-corrected chi connectivity index (χ3v) is 16.8. The highest BCUT2D eigenvalue weighted by Gasteiger charge is 2.49. The molecule has 0 fully saturated rings. The zero-order valence-electron chi connectivity index (χ0n) is 56.1. The zero-order valence-corrected chi connectivity index (χ0v) is 57.7. The summed E-state index contributed by atoms with van der Waals surface area (Å²) in [7, 11) is -3.19. The standard InChI is InChI=1S/C64H101N3O26S2/c1-63(17-23-81-34-39-89-46-43-85-30-27-77-4)55-51-53(94(71,72)73)12-14-57(55)66(19-25-83-36-41-91-48-45-87-32-29-79-6)59(63)9-7-10-60-64(2,18-24-82-35-40-90-47-44-86-31-28-78-5)56-52-54(95(74,75)76)13-15-58(56)67(60)20-26-84-37-42-92-50-49-88-38-33-80-22-16-62(70)93-65(3)61(69)11-8-21-68/h7,9-10,12-15,21,51-52H,8,11,16-20,22-50H2,1-6H3,(H-,71,72,73,74,75,76)/p+1. The lowest BCUT2D eigenvalue weighted by molar-refractivity contribution is -0.442. The van der Waals surface area contributed by atoms with Crippen molar-refractivity contribution in [2.75, 3.05) is 238 Å². The molecule has 2 aromatic carbocycles. The van der Waals surface area contributed by atoms with E-state index in [9.17, 15) is 40.3 Å². The Labute approximate surface area is 559 Å². The fourth-order valence-corrected chi connectivity index (χ4v) is 11.1. The summed E-state index contributed by atoms with van der Waals surface area (Å²) in [5.41, 5.74) is 2.24. The van der Waals surface area contributed by atoms with Crippen molar-refractivity contribution in [3.05, 3.63) is 71.5 Å². The average molecular weight is 1390 g/mol. The number of carbonyl (C=O) groups excluding carboxylic acids is 3. The minimum atomic E-state index is -4.65. The van der Waals surface area contributed by atoms with E-state index >= 15 is 0 Å². The van der Waals surface area contributed by atoms with Crippen molar-refractivity contribution < 1.29 is 126 Å². The maximum atomic E-state index is 12.8. The summed E-state index contributed by atoms with van der Waals surface area (Å²) in [6.45, 7) is 13.7. The van der Waals surface area contributed by atoms with E-state index in [1.165, 1.54) is 31.3 Å². The molecule has 31 heteroatoms. The number of nitrogens with zero attached hydrogens (tertiary/aromatic N) is 3. The molecule has 2 heterocycles. The predicted molar refractivity (Wildman–Crippen MR) is 346 cm³/mol. The first-order valence-electron chi connectivity index (χ1n) is 31.8. The summed E-state index contributed by atoms with van der Waals surface area (Å²) >= 11 is 0. The fourth-order valence-electron chi connectivity index (χ4n) is 10.0. The summed E-state index contributed by atoms with van der Waals surface area (Å²) in [4.78, 5) is 40.8. The van der Waals surface area contributed by atoms with E-state index < -0.39 is 42.9 Å². The zero-order chi connectivity index (χ0) is 69.1. The summed E-state index contributed by atoms with van der Waals surface area (Å²) in [5, 5.41) is 0.801. The number of carbonyl (C=O) groups is 3. The van der Waals surface area contributed by atoms with E-state index in [4.69, 9.17) is 80.6 Å². The second-order valence-corrected chi connectivity index (χ2v) is 24.7. The van der Waals surface area contributed by atoms with Crippen LogP contribution in [0, 0.1) is 0 Å². The highest BCUT2D eigenvalue weighted by Crippen LogP contribution is 2.51. The number of anilines is 1. The normalized spacial score (nSPS) is 16.8. The monoisotopic (exact) mass is 1390 g/mol. The van der Waals surface area contributed by atoms with Crippen LogP contribution in [0.2, 0.25) is 0 Å². The predicted octanol–water partition coefficient (Wildman–Crippen LogP) is 3.98. The Balaban J connectivity index is 1.59. The van der Waals surface area contributed by atoms with Crippen LogP contribution < -0.4 is 4.90 Å². The van der Waals surface area contributed by atoms with Crippen molar-refractivity contribution in [2.45, 2.75) is 66.6 Å². The number of ether oxygens (including phenoxy) is 16. The van der Waals surface area contributed by atoms with Gasteiger partial charge in [-0.15, -0.1) is 0 Å². The lowest BCUT2D eigenvalue weighted by Crippen LogP contribution is -2.34. The van der Waals surface area contributed by atoms with Gasteiger partial charge in [0, 0.05) is 95.5 Å². The molecule has 2 aliphatic heterocycles. The SMILES string of the molecule is COCCOCCOCCOCC[N+]1=C(/C=C/C=C2/N(CCOCCOCCOCCOCCC(=O)ON(C)C(=O)CCC=O)c3ccc(S(=O)(=O)O)cc3C2(C)CCOCCOCCOCCOC)C(C)(CCOCCOCCOCCOC)c2cc(S(=O)(=O)O)ccc21. The number of fused-ring (bicyclic) bond motifs is 2. The number of hydrogen-bond donors (Lipinski definition) is 2. The third-order valence-electron chi connectivity index (χ3n) is 15.1. The quantitative estimate of drug-likeness (QED) is 0.0311. The van der Waals surface area contributed by atoms with Gasteiger partial charge in [0.05, 0.1) is 193 Å². The van der Waals surface area contributed by atoms with E-state index in [0.29, 0.717) is 154 Å². The number of amides is 1. The highest BCUT2D eigenvalue weighted by atomic mass is 32.2. The maximum absolute atomic E-state index is 12.8. The maximum Gasteiger partial charge on any atom is 0.334 e. The van der Waals surface area contributed by atoms with Crippen molar-refractivity contribution in [2.24, 2.45) is 0 Å². The molecule has 540 valence electrons. The van der Waals surface area contributed by atoms with Gasteiger partial charge in [0.1, 0.15) is 12.9 Å². The molecule has 0 radical (unpaired) electrons. The van der Waals surface area contributed by atoms with Gasteiger partial charge in [0.2, 0.25) is 5.69 Å². The first-order valence-corrected chi connectivity index (χ1v) is 34.7. The van der Waals surface area contributed by atoms with E-state index in [0.717, 1.165) is 16.5 Å². The Morgan fingerprint density at radius 2 is 0.916 bits per heavy atom. The fraction of sp³-hybridized carbons (Fsp3) is 0.688. The second-order valence-electron chi connectivity index (χ2n) is 21.8. The van der Waals surface area contributed by atoms with Crippen molar-refractivity contribution in [1.29, 1.82) is 0 Å². The molecule has 2 N–H and O–H groups in total. The Morgan fingerprint density at radius 1 is 0.516 bits per heavy atom. The number of aldehydes is 1. The molecule has 29 nitrogen and oxygen atoms in total. The van der Waals surface area contributed by atoms with E-state index in [1.54, 1.807) is 33.5 Å². The minimum Gasteiger partial charge on any atom is -0.382 e. The molecule has 0 saturated heterocycles. The summed E-state index contributed by atoms with van der Waals surface area (Å²) in [6, 6.07) is 9.03. The van der Waals surface area contributed by atoms with Crippen LogP contribution in [0.4, 0.5) is 11.4 Å². The smallest absolute Gasteiger partial charge is 0.334 e. The lowest BCUT2D eigenvalue weighted by atomic mass is 9.76. The van der Waals surface area contributed by atoms with Crippen LogP contribution in [0.5, 0.6) is 0 Å². The van der Waals surface area contributed by atoms with E-state index in [1.807, 2.05) is 37.0 Å². The molecule has 4 rings (SSSR count). The molecule has 95 heavy (non-hydrogen) atoms. The molecule has 2 unspecified atom stereocenters. The Hall–Kier alpha value is -4.82. The number of hydroxylamine groups is 2. The van der Waals surface area contributed by atoms with Crippen LogP contribution in [-0.2, 0) is 126 Å². The van der Waals surface area contributed by atoms with Gasteiger partial charge in [0.15, 0.2) is 12.3 Å². The van der Waals surface area contributed by atoms with Crippen LogP contribution in [0.25, 0.3) is 0 Å². The van der Waals surface area contributed by atoms with Gasteiger partial charge in [-0.2, -0.15) is 26.5 Å². The number of hydrogen-bond acceptors (Lipinski definition) is 25. The van der Waals surface area contributed by atoms with Crippen LogP contribution >= 0.6 is 0 Å². The number of allylic oxidation sites excluding steroid dienone is 4. The molecule has 0 saturated carbocycles. The lowest BCUT2D eigenvalue weighted by Gasteiger charge is -2.30. The van der Waals surface area contributed by atoms with Gasteiger partial charge >= 0.3 is 5.97 Å². The molecule has 1 amide bonds. The van der Waals surface area contributed by atoms with Crippen LogP contribution in [0.1, 0.15) is 57.1 Å².